The summed E-state index contributed by atoms with van der Waals surface area (Å²) in [6.07, 6.45) is 10.4. The number of hydrogen-bond donors (Lipinski definition) is 6. The minimum absolute atomic E-state index is 0.110. The van der Waals surface area contributed by atoms with E-state index in [0.717, 1.165) is 107 Å². The van der Waals surface area contributed by atoms with E-state index in [0.29, 0.717) is 17.4 Å². The van der Waals surface area contributed by atoms with Crippen molar-refractivity contribution < 1.29 is 10.2 Å². The summed E-state index contributed by atoms with van der Waals surface area (Å²) in [5.41, 5.74) is 12.0. The number of nitrogens with two attached hydrogens (primary N) is 1. The van der Waals surface area contributed by atoms with Crippen LogP contribution in [0.15, 0.2) is 24.3 Å². The Morgan fingerprint density at radius 2 is 0.863 bits per heavy atom. The molecule has 292 valence electrons. The summed E-state index contributed by atoms with van der Waals surface area (Å²) in [5, 5.41) is 33.3. The van der Waals surface area contributed by atoms with Crippen molar-refractivity contribution in [3.63, 3.8) is 0 Å². The third-order valence-corrected chi connectivity index (χ3v) is 10.1. The third kappa shape index (κ3) is 15.8. The molecular weight excluding hydrogens is 629 g/mol. The Morgan fingerprint density at radius 3 is 1.29 bits per heavy atom. The SMILES string of the molecule is CC(C)(C)c1cc(CNCCCCNCCC(CCCCNCCCCN)Cc2cc(C(C)(C)C)c(O)c(C(C)(C)C)c2)cc(C(C)(C)C)c1O. The van der Waals surface area contributed by atoms with Crippen LogP contribution in [-0.4, -0.2) is 49.5 Å². The van der Waals surface area contributed by atoms with Crippen LogP contribution < -0.4 is 21.7 Å². The third-order valence-electron chi connectivity index (χ3n) is 10.1. The summed E-state index contributed by atoms with van der Waals surface area (Å²) >= 11 is 0. The average molecular weight is 709 g/mol. The van der Waals surface area contributed by atoms with Crippen LogP contribution in [0.4, 0.5) is 0 Å². The molecule has 2 aromatic carbocycles. The molecule has 0 aliphatic carbocycles. The van der Waals surface area contributed by atoms with Crippen molar-refractivity contribution >= 4 is 0 Å². The van der Waals surface area contributed by atoms with Crippen LogP contribution in [0.2, 0.25) is 0 Å². The molecule has 6 nitrogen and oxygen atoms in total. The number of unbranched alkanes of at least 4 members (excludes halogenated alkanes) is 3. The molecule has 0 spiro atoms. The molecule has 1 unspecified atom stereocenters. The highest BCUT2D eigenvalue weighted by atomic mass is 16.3. The minimum atomic E-state index is -0.115. The fraction of sp³-hybridized carbons (Fsp3) is 0.733. The molecular formula is C45H80N4O2. The number of phenolic OH excluding ortho intramolecular Hbond substituents is 2. The van der Waals surface area contributed by atoms with Crippen LogP contribution in [0.3, 0.4) is 0 Å². The first-order valence-corrected chi connectivity index (χ1v) is 20.2. The topological polar surface area (TPSA) is 103 Å². The van der Waals surface area contributed by atoms with Crippen molar-refractivity contribution in [3.8, 4) is 11.5 Å². The number of benzene rings is 2. The molecule has 7 N–H and O–H groups in total. The number of phenols is 2. The lowest BCUT2D eigenvalue weighted by molar-refractivity contribution is 0.405. The largest absolute Gasteiger partial charge is 0.507 e. The average Bonchev–Trinajstić information content (AvgIpc) is 3.00. The highest BCUT2D eigenvalue weighted by Crippen LogP contribution is 2.41. The van der Waals surface area contributed by atoms with Gasteiger partial charge in [0, 0.05) is 6.54 Å². The van der Waals surface area contributed by atoms with Gasteiger partial charge in [-0.3, -0.25) is 0 Å². The van der Waals surface area contributed by atoms with Gasteiger partial charge >= 0.3 is 0 Å². The van der Waals surface area contributed by atoms with Gasteiger partial charge in [0.05, 0.1) is 0 Å². The van der Waals surface area contributed by atoms with Gasteiger partial charge in [-0.2, -0.15) is 0 Å². The quantitative estimate of drug-likeness (QED) is 0.0723. The predicted octanol–water partition coefficient (Wildman–Crippen LogP) is 9.50. The second-order valence-corrected chi connectivity index (χ2v) is 19.3. The molecule has 2 aromatic rings. The molecule has 6 heteroatoms. The van der Waals surface area contributed by atoms with E-state index in [4.69, 9.17) is 5.73 Å². The first kappa shape index (κ1) is 45.0. The van der Waals surface area contributed by atoms with Crippen LogP contribution >= 0.6 is 0 Å². The number of nitrogens with one attached hydrogen (secondary N) is 3. The van der Waals surface area contributed by atoms with Crippen molar-refractivity contribution in [2.45, 2.75) is 169 Å². The highest BCUT2D eigenvalue weighted by Gasteiger charge is 2.28. The summed E-state index contributed by atoms with van der Waals surface area (Å²) in [4.78, 5) is 0. The highest BCUT2D eigenvalue weighted by molar-refractivity contribution is 5.51. The molecule has 0 saturated carbocycles. The molecule has 0 fully saturated rings. The van der Waals surface area contributed by atoms with Gasteiger partial charge in [0.15, 0.2) is 0 Å². The van der Waals surface area contributed by atoms with Gasteiger partial charge in [0.2, 0.25) is 0 Å². The molecule has 0 saturated heterocycles. The van der Waals surface area contributed by atoms with Crippen molar-refractivity contribution in [1.82, 2.24) is 16.0 Å². The summed E-state index contributed by atoms with van der Waals surface area (Å²) in [6, 6.07) is 8.93. The molecule has 0 bridgehead atoms. The minimum Gasteiger partial charge on any atom is -0.507 e. The van der Waals surface area contributed by atoms with Gasteiger partial charge in [-0.25, -0.2) is 0 Å². The standard InChI is InChI=1S/C45H80N4O2/c1-42(2,3)36-28-34(29-37(40(36)50)43(4,5)6)27-33(19-13-15-22-47-23-16-14-21-46)20-26-48-24-17-18-25-49-32-35-30-38(44(7,8)9)41(51)39(31-35)45(10,11)12/h28-31,33,47-51H,13-27,32,46H2,1-12H3. The van der Waals surface area contributed by atoms with E-state index in [1.807, 2.05) is 0 Å². The fourth-order valence-corrected chi connectivity index (χ4v) is 6.94. The maximum absolute atomic E-state index is 11.3. The predicted molar refractivity (Wildman–Crippen MR) is 222 cm³/mol. The second kappa shape index (κ2) is 20.4. The van der Waals surface area contributed by atoms with Crippen LogP contribution in [0.5, 0.6) is 11.5 Å². The van der Waals surface area contributed by atoms with E-state index in [1.165, 1.54) is 30.4 Å². The van der Waals surface area contributed by atoms with Crippen molar-refractivity contribution in [1.29, 1.82) is 0 Å². The second-order valence-electron chi connectivity index (χ2n) is 19.3. The summed E-state index contributed by atoms with van der Waals surface area (Å²) in [7, 11) is 0. The zero-order valence-corrected chi connectivity index (χ0v) is 35.2. The van der Waals surface area contributed by atoms with E-state index in [1.54, 1.807) is 0 Å². The Bertz CT molecular complexity index is 1240. The van der Waals surface area contributed by atoms with E-state index in [9.17, 15) is 10.2 Å². The lowest BCUT2D eigenvalue weighted by Gasteiger charge is -2.29. The van der Waals surface area contributed by atoms with Gasteiger partial charge in [-0.1, -0.05) is 120 Å². The van der Waals surface area contributed by atoms with E-state index in [-0.39, 0.29) is 21.7 Å². The smallest absolute Gasteiger partial charge is 0.123 e. The maximum Gasteiger partial charge on any atom is 0.123 e. The number of hydrogen-bond acceptors (Lipinski definition) is 6. The van der Waals surface area contributed by atoms with Crippen LogP contribution in [0, 0.1) is 5.92 Å². The normalized spacial score (nSPS) is 13.6. The number of aromatic hydroxyl groups is 2. The van der Waals surface area contributed by atoms with Gasteiger partial charge < -0.3 is 31.9 Å². The van der Waals surface area contributed by atoms with Crippen molar-refractivity contribution in [3.05, 3.63) is 57.6 Å². The van der Waals surface area contributed by atoms with Crippen LogP contribution in [-0.2, 0) is 34.6 Å². The first-order chi connectivity index (χ1) is 23.7. The molecule has 51 heavy (non-hydrogen) atoms. The molecule has 2 rings (SSSR count). The lowest BCUT2D eigenvalue weighted by Crippen LogP contribution is -2.23. The summed E-state index contributed by atoms with van der Waals surface area (Å²) < 4.78 is 0. The van der Waals surface area contributed by atoms with Gasteiger partial charge in [-0.15, -0.1) is 0 Å². The molecule has 0 aliphatic heterocycles. The Labute approximate surface area is 314 Å². The Morgan fingerprint density at radius 1 is 0.490 bits per heavy atom. The lowest BCUT2D eigenvalue weighted by atomic mass is 9.77. The van der Waals surface area contributed by atoms with E-state index < -0.39 is 0 Å². The Balaban J connectivity index is 1.94. The zero-order valence-electron chi connectivity index (χ0n) is 35.2. The van der Waals surface area contributed by atoms with E-state index in [2.05, 4.69) is 123 Å². The molecule has 1 atom stereocenters. The first-order valence-electron chi connectivity index (χ1n) is 20.2. The Hall–Kier alpha value is -2.12. The van der Waals surface area contributed by atoms with E-state index >= 15 is 0 Å². The monoisotopic (exact) mass is 709 g/mol. The van der Waals surface area contributed by atoms with Crippen LogP contribution in [0.1, 0.15) is 168 Å². The maximum atomic E-state index is 11.3. The molecule has 0 aromatic heterocycles. The number of rotatable bonds is 21. The molecule has 0 amide bonds. The summed E-state index contributed by atoms with van der Waals surface area (Å²) in [6.45, 7) is 33.0. The molecule has 0 radical (unpaired) electrons. The van der Waals surface area contributed by atoms with Gasteiger partial charge in [0.25, 0.3) is 0 Å². The van der Waals surface area contributed by atoms with Crippen LogP contribution in [0.25, 0.3) is 0 Å². The van der Waals surface area contributed by atoms with Gasteiger partial charge in [0.1, 0.15) is 11.5 Å². The van der Waals surface area contributed by atoms with Crippen molar-refractivity contribution in [2.75, 3.05) is 39.3 Å². The molecule has 0 aliphatic rings. The fourth-order valence-electron chi connectivity index (χ4n) is 6.94. The summed E-state index contributed by atoms with van der Waals surface area (Å²) in [5.74, 6) is 1.52. The molecule has 0 heterocycles. The van der Waals surface area contributed by atoms with Gasteiger partial charge in [-0.05, 0) is 145 Å². The zero-order chi connectivity index (χ0) is 38.5. The van der Waals surface area contributed by atoms with Crippen molar-refractivity contribution in [2.24, 2.45) is 11.7 Å². The Kier molecular flexibility index (Phi) is 18.0.